The number of likely N-dealkylation sites (N-methyl/N-ethyl adjacent to an activating group) is 1. The Hall–Kier alpha value is -0.770. The highest BCUT2D eigenvalue weighted by Gasteiger charge is 2.27. The molecule has 2 aliphatic rings. The molecule has 1 unspecified atom stereocenters. The molecule has 1 saturated carbocycles. The molecule has 1 atom stereocenters. The molecule has 0 radical (unpaired) electrons. The standard InChI is InChI=1S/C11H20N2O2/c1-2-13(8-10-4-3-7-15-10)11(14)12-9-5-6-9/h9-10H,2-8H2,1H3,(H,12,14). The van der Waals surface area contributed by atoms with Gasteiger partial charge in [0.25, 0.3) is 0 Å². The first kappa shape index (κ1) is 10.7. The number of carbonyl (C=O) groups is 1. The van der Waals surface area contributed by atoms with Crippen LogP contribution in [0.5, 0.6) is 0 Å². The third kappa shape index (κ3) is 3.09. The van der Waals surface area contributed by atoms with Crippen LogP contribution >= 0.6 is 0 Å². The van der Waals surface area contributed by atoms with E-state index >= 15 is 0 Å². The van der Waals surface area contributed by atoms with Crippen molar-refractivity contribution in [3.63, 3.8) is 0 Å². The fraction of sp³-hybridized carbons (Fsp3) is 0.909. The highest BCUT2D eigenvalue weighted by molar-refractivity contribution is 5.74. The summed E-state index contributed by atoms with van der Waals surface area (Å²) in [6.07, 6.45) is 4.77. The van der Waals surface area contributed by atoms with Gasteiger partial charge in [0.2, 0.25) is 0 Å². The van der Waals surface area contributed by atoms with Gasteiger partial charge in [-0.2, -0.15) is 0 Å². The van der Waals surface area contributed by atoms with E-state index in [9.17, 15) is 4.79 Å². The quantitative estimate of drug-likeness (QED) is 0.764. The molecule has 1 aliphatic heterocycles. The molecule has 2 amide bonds. The van der Waals surface area contributed by atoms with Crippen LogP contribution in [-0.2, 0) is 4.74 Å². The lowest BCUT2D eigenvalue weighted by molar-refractivity contribution is 0.0826. The first-order valence-corrected chi connectivity index (χ1v) is 5.96. The van der Waals surface area contributed by atoms with Gasteiger partial charge in [0.1, 0.15) is 0 Å². The number of hydrogen-bond donors (Lipinski definition) is 1. The van der Waals surface area contributed by atoms with Crippen LogP contribution in [0.15, 0.2) is 0 Å². The van der Waals surface area contributed by atoms with E-state index in [-0.39, 0.29) is 12.1 Å². The Morgan fingerprint density at radius 2 is 2.27 bits per heavy atom. The Kier molecular flexibility index (Phi) is 3.46. The zero-order valence-corrected chi connectivity index (χ0v) is 9.37. The fourth-order valence-corrected chi connectivity index (χ4v) is 1.88. The minimum absolute atomic E-state index is 0.0792. The summed E-state index contributed by atoms with van der Waals surface area (Å²) in [5, 5.41) is 3.01. The maximum absolute atomic E-state index is 11.8. The van der Waals surface area contributed by atoms with Crippen LogP contribution in [-0.4, -0.2) is 42.8 Å². The Bertz CT molecular complexity index is 223. The molecule has 1 saturated heterocycles. The van der Waals surface area contributed by atoms with E-state index < -0.39 is 0 Å². The highest BCUT2D eigenvalue weighted by atomic mass is 16.5. The molecule has 15 heavy (non-hydrogen) atoms. The molecule has 0 bridgehead atoms. The number of carbonyl (C=O) groups excluding carboxylic acids is 1. The van der Waals surface area contributed by atoms with Gasteiger partial charge in [-0.15, -0.1) is 0 Å². The van der Waals surface area contributed by atoms with Gasteiger partial charge < -0.3 is 15.0 Å². The number of hydrogen-bond acceptors (Lipinski definition) is 2. The molecule has 2 fully saturated rings. The average molecular weight is 212 g/mol. The summed E-state index contributed by atoms with van der Waals surface area (Å²) in [4.78, 5) is 13.6. The average Bonchev–Trinajstić information content (AvgIpc) is 2.89. The van der Waals surface area contributed by atoms with E-state index in [0.717, 1.165) is 45.4 Å². The predicted molar refractivity (Wildman–Crippen MR) is 57.8 cm³/mol. The molecule has 0 aromatic rings. The molecule has 1 N–H and O–H groups in total. The summed E-state index contributed by atoms with van der Waals surface area (Å²) < 4.78 is 5.53. The fourth-order valence-electron chi connectivity index (χ4n) is 1.88. The van der Waals surface area contributed by atoms with E-state index in [1.165, 1.54) is 0 Å². The van der Waals surface area contributed by atoms with E-state index in [1.807, 2.05) is 11.8 Å². The Labute approximate surface area is 91.0 Å². The summed E-state index contributed by atoms with van der Waals surface area (Å²) in [6, 6.07) is 0.520. The van der Waals surface area contributed by atoms with Crippen LogP contribution in [0.3, 0.4) is 0 Å². The van der Waals surface area contributed by atoms with Crippen LogP contribution in [0.2, 0.25) is 0 Å². The SMILES string of the molecule is CCN(CC1CCCO1)C(=O)NC1CC1. The lowest BCUT2D eigenvalue weighted by atomic mass is 10.2. The molecule has 2 rings (SSSR count). The van der Waals surface area contributed by atoms with Crippen LogP contribution in [0, 0.1) is 0 Å². The third-order valence-corrected chi connectivity index (χ3v) is 3.02. The van der Waals surface area contributed by atoms with Crippen molar-refractivity contribution in [2.45, 2.75) is 44.8 Å². The van der Waals surface area contributed by atoms with Crippen LogP contribution in [0.4, 0.5) is 4.79 Å². The Morgan fingerprint density at radius 3 is 2.80 bits per heavy atom. The van der Waals surface area contributed by atoms with Crippen LogP contribution in [0.25, 0.3) is 0 Å². The molecule has 0 aromatic carbocycles. The lowest BCUT2D eigenvalue weighted by Crippen LogP contribution is -2.44. The number of urea groups is 1. The maximum Gasteiger partial charge on any atom is 0.317 e. The van der Waals surface area contributed by atoms with Crippen molar-refractivity contribution in [1.29, 1.82) is 0 Å². The van der Waals surface area contributed by atoms with Gasteiger partial charge in [0, 0.05) is 25.7 Å². The third-order valence-electron chi connectivity index (χ3n) is 3.02. The molecular weight excluding hydrogens is 192 g/mol. The smallest absolute Gasteiger partial charge is 0.317 e. The molecule has 86 valence electrons. The second-order valence-corrected chi connectivity index (χ2v) is 4.40. The Morgan fingerprint density at radius 1 is 1.47 bits per heavy atom. The highest BCUT2D eigenvalue weighted by Crippen LogP contribution is 2.19. The molecule has 1 aliphatic carbocycles. The predicted octanol–water partition coefficient (Wildman–Crippen LogP) is 1.36. The summed E-state index contributed by atoms with van der Waals surface area (Å²) >= 11 is 0. The van der Waals surface area contributed by atoms with E-state index in [1.54, 1.807) is 0 Å². The van der Waals surface area contributed by atoms with Gasteiger partial charge in [0.15, 0.2) is 0 Å². The second-order valence-electron chi connectivity index (χ2n) is 4.40. The lowest BCUT2D eigenvalue weighted by Gasteiger charge is -2.24. The first-order valence-electron chi connectivity index (χ1n) is 5.96. The van der Waals surface area contributed by atoms with Crippen molar-refractivity contribution < 1.29 is 9.53 Å². The zero-order chi connectivity index (χ0) is 10.7. The van der Waals surface area contributed by atoms with Crippen molar-refractivity contribution in [3.05, 3.63) is 0 Å². The van der Waals surface area contributed by atoms with Crippen molar-refractivity contribution >= 4 is 6.03 Å². The summed E-state index contributed by atoms with van der Waals surface area (Å²) in [5.74, 6) is 0. The van der Waals surface area contributed by atoms with E-state index in [2.05, 4.69) is 5.32 Å². The number of rotatable bonds is 4. The van der Waals surface area contributed by atoms with Crippen LogP contribution < -0.4 is 5.32 Å². The maximum atomic E-state index is 11.8. The number of nitrogens with one attached hydrogen (secondary N) is 1. The van der Waals surface area contributed by atoms with Gasteiger partial charge in [-0.3, -0.25) is 0 Å². The minimum atomic E-state index is 0.0792. The van der Waals surface area contributed by atoms with E-state index in [4.69, 9.17) is 4.74 Å². The molecule has 4 nitrogen and oxygen atoms in total. The first-order chi connectivity index (χ1) is 7.29. The van der Waals surface area contributed by atoms with Crippen LogP contribution in [0.1, 0.15) is 32.6 Å². The zero-order valence-electron chi connectivity index (χ0n) is 9.37. The molecular formula is C11H20N2O2. The van der Waals surface area contributed by atoms with Gasteiger partial charge >= 0.3 is 6.03 Å². The summed E-state index contributed by atoms with van der Waals surface area (Å²) in [5.41, 5.74) is 0. The van der Waals surface area contributed by atoms with Gasteiger partial charge in [-0.25, -0.2) is 4.79 Å². The summed E-state index contributed by atoms with van der Waals surface area (Å²) in [6.45, 7) is 4.38. The minimum Gasteiger partial charge on any atom is -0.376 e. The van der Waals surface area contributed by atoms with Gasteiger partial charge in [-0.05, 0) is 32.6 Å². The molecule has 1 heterocycles. The van der Waals surface area contributed by atoms with Gasteiger partial charge in [-0.1, -0.05) is 0 Å². The molecule has 0 spiro atoms. The van der Waals surface area contributed by atoms with Gasteiger partial charge in [0.05, 0.1) is 6.10 Å². The van der Waals surface area contributed by atoms with Crippen molar-refractivity contribution in [2.24, 2.45) is 0 Å². The van der Waals surface area contributed by atoms with Crippen molar-refractivity contribution in [3.8, 4) is 0 Å². The number of nitrogens with zero attached hydrogens (tertiary/aromatic N) is 1. The largest absolute Gasteiger partial charge is 0.376 e. The van der Waals surface area contributed by atoms with Crippen molar-refractivity contribution in [1.82, 2.24) is 10.2 Å². The normalized spacial score (nSPS) is 25.3. The summed E-state index contributed by atoms with van der Waals surface area (Å²) in [7, 11) is 0. The molecule has 4 heteroatoms. The topological polar surface area (TPSA) is 41.6 Å². The number of amides is 2. The monoisotopic (exact) mass is 212 g/mol. The molecule has 0 aromatic heterocycles. The number of ether oxygens (including phenoxy) is 1. The second kappa shape index (κ2) is 4.84. The van der Waals surface area contributed by atoms with Crippen molar-refractivity contribution in [2.75, 3.05) is 19.7 Å². The Balaban J connectivity index is 1.76. The van der Waals surface area contributed by atoms with E-state index in [0.29, 0.717) is 6.04 Å².